The van der Waals surface area contributed by atoms with Gasteiger partial charge in [0.1, 0.15) is 11.5 Å². The van der Waals surface area contributed by atoms with Crippen LogP contribution in [0.2, 0.25) is 5.02 Å². The van der Waals surface area contributed by atoms with E-state index in [1.165, 1.54) is 7.11 Å². The van der Waals surface area contributed by atoms with Gasteiger partial charge in [0.2, 0.25) is 0 Å². The third kappa shape index (κ3) is 4.66. The molecular formula is C25H29ClN2O4. The van der Waals surface area contributed by atoms with Gasteiger partial charge in [-0.3, -0.25) is 9.59 Å². The van der Waals surface area contributed by atoms with Gasteiger partial charge in [-0.05, 0) is 43.8 Å². The summed E-state index contributed by atoms with van der Waals surface area (Å²) in [7, 11) is 1.51. The van der Waals surface area contributed by atoms with Crippen LogP contribution in [-0.2, 0) is 9.59 Å². The van der Waals surface area contributed by atoms with Crippen molar-refractivity contribution in [2.45, 2.75) is 26.8 Å². The highest BCUT2D eigenvalue weighted by atomic mass is 35.5. The molecule has 170 valence electrons. The van der Waals surface area contributed by atoms with Gasteiger partial charge in [-0.2, -0.15) is 0 Å². The lowest BCUT2D eigenvalue weighted by molar-refractivity contribution is -0.140. The van der Waals surface area contributed by atoms with Gasteiger partial charge >= 0.3 is 0 Å². The van der Waals surface area contributed by atoms with Gasteiger partial charge < -0.3 is 19.6 Å². The minimum Gasteiger partial charge on any atom is -0.507 e. The van der Waals surface area contributed by atoms with Crippen molar-refractivity contribution >= 4 is 29.1 Å². The Kier molecular flexibility index (Phi) is 7.59. The van der Waals surface area contributed by atoms with Crippen molar-refractivity contribution in [3.8, 4) is 5.75 Å². The number of ether oxygens (including phenoxy) is 1. The van der Waals surface area contributed by atoms with Crippen LogP contribution in [-0.4, -0.2) is 59.9 Å². The molecule has 1 aliphatic rings. The van der Waals surface area contributed by atoms with Crippen LogP contribution < -0.4 is 4.74 Å². The summed E-state index contributed by atoms with van der Waals surface area (Å²) in [5.41, 5.74) is 2.06. The quantitative estimate of drug-likeness (QED) is 0.361. The minimum atomic E-state index is -0.715. The van der Waals surface area contributed by atoms with Crippen molar-refractivity contribution in [3.63, 3.8) is 0 Å². The van der Waals surface area contributed by atoms with Gasteiger partial charge in [-0.15, -0.1) is 0 Å². The van der Waals surface area contributed by atoms with Gasteiger partial charge in [0.15, 0.2) is 0 Å². The van der Waals surface area contributed by atoms with Crippen LogP contribution in [0, 0.1) is 6.92 Å². The molecule has 0 aliphatic carbocycles. The summed E-state index contributed by atoms with van der Waals surface area (Å²) in [6.07, 6.45) is 0. The number of Topliss-reactive ketones (excluding diaryl/α,β-unsaturated/α-hetero) is 1. The standard InChI is InChI=1S/C25H29ClN2O4/c1-5-27(6-2)12-13-28-22(17-9-7-8-16(3)14-17)21(24(30)25(28)31)23(29)19-15-18(32-4)10-11-20(19)26/h7-11,14-15,22,29H,5-6,12-13H2,1-4H3/b23-21+. The first-order valence-corrected chi connectivity index (χ1v) is 11.1. The lowest BCUT2D eigenvalue weighted by atomic mass is 9.94. The van der Waals surface area contributed by atoms with Crippen LogP contribution in [0.1, 0.15) is 36.6 Å². The van der Waals surface area contributed by atoms with Crippen molar-refractivity contribution < 1.29 is 19.4 Å². The molecule has 1 heterocycles. The van der Waals surface area contributed by atoms with Crippen LogP contribution in [0.25, 0.3) is 5.76 Å². The second-order valence-electron chi connectivity index (χ2n) is 7.78. The average Bonchev–Trinajstić information content (AvgIpc) is 3.04. The molecule has 1 N–H and O–H groups in total. The number of methoxy groups -OCH3 is 1. The smallest absolute Gasteiger partial charge is 0.295 e. The maximum atomic E-state index is 13.2. The van der Waals surface area contributed by atoms with E-state index in [2.05, 4.69) is 18.7 Å². The molecule has 0 aromatic heterocycles. The molecule has 1 aliphatic heterocycles. The SMILES string of the molecule is CCN(CC)CCN1C(=O)C(=O)/C(=C(/O)c2cc(OC)ccc2Cl)C1c1cccc(C)c1. The zero-order chi connectivity index (χ0) is 23.4. The Balaban J connectivity index is 2.15. The number of aliphatic hydroxyl groups excluding tert-OH is 1. The van der Waals surface area contributed by atoms with E-state index in [9.17, 15) is 14.7 Å². The molecule has 3 rings (SSSR count). The predicted octanol–water partition coefficient (Wildman–Crippen LogP) is 4.42. The highest BCUT2D eigenvalue weighted by Crippen LogP contribution is 2.41. The second-order valence-corrected chi connectivity index (χ2v) is 8.19. The summed E-state index contributed by atoms with van der Waals surface area (Å²) in [4.78, 5) is 30.0. The number of carbonyl (C=O) groups is 2. The summed E-state index contributed by atoms with van der Waals surface area (Å²) in [5.74, 6) is -1.15. The number of rotatable bonds is 8. The number of likely N-dealkylation sites (N-methyl/N-ethyl adjacent to an activating group) is 1. The van der Waals surface area contributed by atoms with Gasteiger partial charge in [0.05, 0.1) is 23.7 Å². The van der Waals surface area contributed by atoms with Gasteiger partial charge in [0.25, 0.3) is 11.7 Å². The summed E-state index contributed by atoms with van der Waals surface area (Å²) in [6, 6.07) is 11.8. The lowest BCUT2D eigenvalue weighted by Gasteiger charge is -2.28. The van der Waals surface area contributed by atoms with E-state index in [0.717, 1.165) is 24.2 Å². The number of likely N-dealkylation sites (tertiary alicyclic amines) is 1. The summed E-state index contributed by atoms with van der Waals surface area (Å²) < 4.78 is 5.25. The predicted molar refractivity (Wildman–Crippen MR) is 126 cm³/mol. The Morgan fingerprint density at radius 1 is 1.16 bits per heavy atom. The highest BCUT2D eigenvalue weighted by Gasteiger charge is 2.46. The maximum Gasteiger partial charge on any atom is 0.295 e. The Morgan fingerprint density at radius 2 is 1.88 bits per heavy atom. The van der Waals surface area contributed by atoms with E-state index in [1.807, 2.05) is 31.2 Å². The topological polar surface area (TPSA) is 70.1 Å². The minimum absolute atomic E-state index is 0.0373. The first-order valence-electron chi connectivity index (χ1n) is 10.7. The Bertz CT molecular complexity index is 1050. The zero-order valence-corrected chi connectivity index (χ0v) is 19.6. The summed E-state index contributed by atoms with van der Waals surface area (Å²) in [6.45, 7) is 8.74. The number of hydrogen-bond acceptors (Lipinski definition) is 5. The lowest BCUT2D eigenvalue weighted by Crippen LogP contribution is -2.38. The molecule has 0 bridgehead atoms. The van der Waals surface area contributed by atoms with E-state index in [0.29, 0.717) is 18.8 Å². The number of halogens is 1. The largest absolute Gasteiger partial charge is 0.507 e. The third-order valence-corrected chi connectivity index (χ3v) is 6.21. The molecular weight excluding hydrogens is 428 g/mol. The van der Waals surface area contributed by atoms with E-state index >= 15 is 0 Å². The Hall–Kier alpha value is -2.83. The number of aryl methyl sites for hydroxylation is 1. The molecule has 0 saturated carbocycles. The molecule has 7 heteroatoms. The van der Waals surface area contributed by atoms with Crippen LogP contribution in [0.4, 0.5) is 0 Å². The number of aliphatic hydroxyl groups is 1. The normalized spacial score (nSPS) is 17.9. The number of benzene rings is 2. The highest BCUT2D eigenvalue weighted by molar-refractivity contribution is 6.47. The molecule has 1 unspecified atom stereocenters. The van der Waals surface area contributed by atoms with Crippen molar-refractivity contribution in [2.24, 2.45) is 0 Å². The fourth-order valence-electron chi connectivity index (χ4n) is 4.04. The van der Waals surface area contributed by atoms with Crippen molar-refractivity contribution in [2.75, 3.05) is 33.3 Å². The fraction of sp³-hybridized carbons (Fsp3) is 0.360. The first kappa shape index (κ1) is 23.8. The number of amides is 1. The zero-order valence-electron chi connectivity index (χ0n) is 18.9. The van der Waals surface area contributed by atoms with Gasteiger partial charge in [-0.1, -0.05) is 55.3 Å². The molecule has 2 aromatic carbocycles. The molecule has 0 radical (unpaired) electrons. The van der Waals surface area contributed by atoms with Gasteiger partial charge in [0, 0.05) is 18.7 Å². The Labute approximate surface area is 194 Å². The van der Waals surface area contributed by atoms with Crippen LogP contribution in [0.3, 0.4) is 0 Å². The number of hydrogen-bond donors (Lipinski definition) is 1. The molecule has 2 aromatic rings. The van der Waals surface area contributed by atoms with Crippen LogP contribution in [0.5, 0.6) is 5.75 Å². The monoisotopic (exact) mass is 456 g/mol. The van der Waals surface area contributed by atoms with E-state index in [-0.39, 0.29) is 21.9 Å². The molecule has 1 amide bonds. The van der Waals surface area contributed by atoms with Crippen molar-refractivity contribution in [3.05, 3.63) is 69.8 Å². The number of nitrogens with zero attached hydrogens (tertiary/aromatic N) is 2. The van der Waals surface area contributed by atoms with E-state index in [4.69, 9.17) is 16.3 Å². The summed E-state index contributed by atoms with van der Waals surface area (Å²) in [5, 5.41) is 11.5. The van der Waals surface area contributed by atoms with Crippen molar-refractivity contribution in [1.29, 1.82) is 0 Å². The maximum absolute atomic E-state index is 13.2. The number of carbonyl (C=O) groups excluding carboxylic acids is 2. The Morgan fingerprint density at radius 3 is 2.50 bits per heavy atom. The number of ketones is 1. The van der Waals surface area contributed by atoms with Gasteiger partial charge in [-0.25, -0.2) is 0 Å². The van der Waals surface area contributed by atoms with Crippen molar-refractivity contribution in [1.82, 2.24) is 9.80 Å². The first-order chi connectivity index (χ1) is 15.3. The average molecular weight is 457 g/mol. The molecule has 1 saturated heterocycles. The third-order valence-electron chi connectivity index (χ3n) is 5.88. The molecule has 1 atom stereocenters. The molecule has 6 nitrogen and oxygen atoms in total. The molecule has 0 spiro atoms. The molecule has 1 fully saturated rings. The van der Waals surface area contributed by atoms with E-state index < -0.39 is 17.7 Å². The van der Waals surface area contributed by atoms with Crippen LogP contribution >= 0.6 is 11.6 Å². The fourth-order valence-corrected chi connectivity index (χ4v) is 4.25. The molecule has 32 heavy (non-hydrogen) atoms. The van der Waals surface area contributed by atoms with E-state index in [1.54, 1.807) is 23.1 Å². The summed E-state index contributed by atoms with van der Waals surface area (Å²) >= 11 is 6.34. The second kappa shape index (κ2) is 10.2. The van der Waals surface area contributed by atoms with Crippen LogP contribution in [0.15, 0.2) is 48.0 Å².